The van der Waals surface area contributed by atoms with Crippen molar-refractivity contribution in [1.29, 1.82) is 0 Å². The molecule has 0 spiro atoms. The molecule has 0 bridgehead atoms. The molecule has 1 aromatic carbocycles. The molecule has 3 rings (SSSR count). The van der Waals surface area contributed by atoms with Crippen LogP contribution in [0.1, 0.15) is 23.5 Å². The lowest BCUT2D eigenvalue weighted by atomic mass is 10.3. The van der Waals surface area contributed by atoms with E-state index in [9.17, 15) is 18.5 Å². The number of aryl methyl sites for hydroxylation is 1. The minimum absolute atomic E-state index is 0.0241. The highest BCUT2D eigenvalue weighted by Crippen LogP contribution is 2.32. The Balaban J connectivity index is 1.86. The standard InChI is InChI=1S/C15H17N3O5S2/c1-11-16-12(10-24-11)9-23-15-5-4-13(8-14(15)18(19)20)25(21,22)17-6-2-3-7-17/h4-5,8,10H,2-3,6-7,9H2,1H3. The highest BCUT2D eigenvalue weighted by Gasteiger charge is 2.29. The Morgan fingerprint density at radius 2 is 2.08 bits per heavy atom. The van der Waals surface area contributed by atoms with Gasteiger partial charge in [0.05, 0.1) is 20.5 Å². The van der Waals surface area contributed by atoms with Crippen LogP contribution in [0.15, 0.2) is 28.5 Å². The summed E-state index contributed by atoms with van der Waals surface area (Å²) in [7, 11) is -3.71. The van der Waals surface area contributed by atoms with Crippen LogP contribution in [0, 0.1) is 17.0 Å². The molecular weight excluding hydrogens is 366 g/mol. The van der Waals surface area contributed by atoms with E-state index in [0.717, 1.165) is 23.9 Å². The molecule has 1 aromatic heterocycles. The Morgan fingerprint density at radius 1 is 1.36 bits per heavy atom. The molecule has 8 nitrogen and oxygen atoms in total. The molecule has 0 radical (unpaired) electrons. The van der Waals surface area contributed by atoms with Crippen LogP contribution in [0.4, 0.5) is 5.69 Å². The van der Waals surface area contributed by atoms with Crippen molar-refractivity contribution in [1.82, 2.24) is 9.29 Å². The van der Waals surface area contributed by atoms with E-state index in [2.05, 4.69) is 4.98 Å². The number of benzene rings is 1. The van der Waals surface area contributed by atoms with Crippen LogP contribution in [0.3, 0.4) is 0 Å². The van der Waals surface area contributed by atoms with Crippen LogP contribution >= 0.6 is 11.3 Å². The summed E-state index contributed by atoms with van der Waals surface area (Å²) in [6, 6.07) is 3.75. The number of nitrogens with zero attached hydrogens (tertiary/aromatic N) is 3. The van der Waals surface area contributed by atoms with Gasteiger partial charge >= 0.3 is 5.69 Å². The van der Waals surface area contributed by atoms with Crippen LogP contribution < -0.4 is 4.74 Å². The molecule has 25 heavy (non-hydrogen) atoms. The van der Waals surface area contributed by atoms with Crippen molar-refractivity contribution in [3.8, 4) is 5.75 Å². The maximum atomic E-state index is 12.6. The van der Waals surface area contributed by atoms with Gasteiger partial charge in [-0.15, -0.1) is 11.3 Å². The van der Waals surface area contributed by atoms with Crippen LogP contribution in [0.25, 0.3) is 0 Å². The Labute approximate surface area is 149 Å². The summed E-state index contributed by atoms with van der Waals surface area (Å²) in [6.07, 6.45) is 1.60. The van der Waals surface area contributed by atoms with Crippen LogP contribution in [0.2, 0.25) is 0 Å². The van der Waals surface area contributed by atoms with Crippen molar-refractivity contribution in [3.05, 3.63) is 44.4 Å². The molecule has 0 aliphatic carbocycles. The molecule has 0 unspecified atom stereocenters. The molecular formula is C15H17N3O5S2. The molecule has 0 amide bonds. The van der Waals surface area contributed by atoms with E-state index < -0.39 is 14.9 Å². The highest BCUT2D eigenvalue weighted by molar-refractivity contribution is 7.89. The van der Waals surface area contributed by atoms with Gasteiger partial charge in [-0.3, -0.25) is 10.1 Å². The monoisotopic (exact) mass is 383 g/mol. The largest absolute Gasteiger partial charge is 0.480 e. The van der Waals surface area contributed by atoms with Gasteiger partial charge in [0.25, 0.3) is 0 Å². The van der Waals surface area contributed by atoms with E-state index in [0.29, 0.717) is 18.8 Å². The van der Waals surface area contributed by atoms with Gasteiger partial charge in [-0.1, -0.05) is 0 Å². The third-order valence-electron chi connectivity index (χ3n) is 3.87. The first-order valence-corrected chi connectivity index (χ1v) is 10.0. The number of nitro groups is 1. The smallest absolute Gasteiger partial charge is 0.312 e. The quantitative estimate of drug-likeness (QED) is 0.561. The zero-order chi connectivity index (χ0) is 18.0. The molecule has 1 fully saturated rings. The predicted molar refractivity (Wildman–Crippen MR) is 92.3 cm³/mol. The van der Waals surface area contributed by atoms with Gasteiger partial charge < -0.3 is 4.74 Å². The number of rotatable bonds is 6. The summed E-state index contributed by atoms with van der Waals surface area (Å²) in [5, 5.41) is 14.0. The van der Waals surface area contributed by atoms with E-state index in [-0.39, 0.29) is 22.9 Å². The fourth-order valence-corrected chi connectivity index (χ4v) is 4.76. The van der Waals surface area contributed by atoms with Gasteiger partial charge in [0.2, 0.25) is 10.0 Å². The van der Waals surface area contributed by atoms with Gasteiger partial charge in [0.15, 0.2) is 5.75 Å². The molecule has 1 saturated heterocycles. The Kier molecular flexibility index (Phi) is 5.02. The molecule has 2 heterocycles. The summed E-state index contributed by atoms with van der Waals surface area (Å²) in [5.74, 6) is 0.0241. The summed E-state index contributed by atoms with van der Waals surface area (Å²) in [6.45, 7) is 2.83. The topological polar surface area (TPSA) is 103 Å². The minimum atomic E-state index is -3.71. The Bertz CT molecular complexity index is 888. The zero-order valence-electron chi connectivity index (χ0n) is 13.5. The fourth-order valence-electron chi connectivity index (χ4n) is 2.63. The van der Waals surface area contributed by atoms with E-state index in [1.165, 1.54) is 27.8 Å². The van der Waals surface area contributed by atoms with E-state index in [1.807, 2.05) is 12.3 Å². The van der Waals surface area contributed by atoms with Gasteiger partial charge in [-0.25, -0.2) is 13.4 Å². The maximum Gasteiger partial charge on any atom is 0.312 e. The van der Waals surface area contributed by atoms with Crippen molar-refractivity contribution in [2.24, 2.45) is 0 Å². The average Bonchev–Trinajstić information content (AvgIpc) is 3.24. The van der Waals surface area contributed by atoms with Crippen LogP contribution in [0.5, 0.6) is 5.75 Å². The molecule has 134 valence electrons. The van der Waals surface area contributed by atoms with Crippen molar-refractivity contribution >= 4 is 27.0 Å². The molecule has 10 heteroatoms. The number of hydrogen-bond acceptors (Lipinski definition) is 7. The lowest BCUT2D eigenvalue weighted by Crippen LogP contribution is -2.27. The lowest BCUT2D eigenvalue weighted by Gasteiger charge is -2.15. The lowest BCUT2D eigenvalue weighted by molar-refractivity contribution is -0.386. The van der Waals surface area contributed by atoms with E-state index in [4.69, 9.17) is 4.74 Å². The number of sulfonamides is 1. The minimum Gasteiger partial charge on any atom is -0.480 e. The second kappa shape index (κ2) is 7.06. The first-order chi connectivity index (χ1) is 11.9. The molecule has 0 N–H and O–H groups in total. The second-order valence-corrected chi connectivity index (χ2v) is 8.64. The van der Waals surface area contributed by atoms with Crippen molar-refractivity contribution in [2.75, 3.05) is 13.1 Å². The number of thiazole rings is 1. The number of ether oxygens (including phenoxy) is 1. The maximum absolute atomic E-state index is 12.6. The van der Waals surface area contributed by atoms with Gasteiger partial charge in [-0.05, 0) is 31.9 Å². The predicted octanol–water partition coefficient (Wildman–Crippen LogP) is 2.72. The van der Waals surface area contributed by atoms with Crippen molar-refractivity contribution in [2.45, 2.75) is 31.3 Å². The fraction of sp³-hybridized carbons (Fsp3) is 0.400. The van der Waals surface area contributed by atoms with E-state index >= 15 is 0 Å². The van der Waals surface area contributed by atoms with Crippen LogP contribution in [-0.4, -0.2) is 35.7 Å². The van der Waals surface area contributed by atoms with E-state index in [1.54, 1.807) is 0 Å². The summed E-state index contributed by atoms with van der Waals surface area (Å²) < 4.78 is 32.0. The zero-order valence-corrected chi connectivity index (χ0v) is 15.2. The second-order valence-electron chi connectivity index (χ2n) is 5.64. The summed E-state index contributed by atoms with van der Waals surface area (Å²) in [5.41, 5.74) is 0.304. The molecule has 0 saturated carbocycles. The van der Waals surface area contributed by atoms with Crippen molar-refractivity contribution in [3.63, 3.8) is 0 Å². The number of hydrogen-bond donors (Lipinski definition) is 0. The Morgan fingerprint density at radius 3 is 2.68 bits per heavy atom. The highest BCUT2D eigenvalue weighted by atomic mass is 32.2. The molecule has 1 aliphatic rings. The molecule has 2 aromatic rings. The number of nitro benzene ring substituents is 1. The van der Waals surface area contributed by atoms with Gasteiger partial charge in [0.1, 0.15) is 6.61 Å². The normalized spacial score (nSPS) is 15.4. The molecule has 0 atom stereocenters. The molecule has 1 aliphatic heterocycles. The van der Waals surface area contributed by atoms with Gasteiger partial charge in [-0.2, -0.15) is 4.31 Å². The first kappa shape index (κ1) is 17.8. The summed E-state index contributed by atoms with van der Waals surface area (Å²) in [4.78, 5) is 14.9. The van der Waals surface area contributed by atoms with Crippen molar-refractivity contribution < 1.29 is 18.1 Å². The summed E-state index contributed by atoms with van der Waals surface area (Å²) >= 11 is 1.46. The Hall–Kier alpha value is -2.04. The third kappa shape index (κ3) is 3.80. The first-order valence-electron chi connectivity index (χ1n) is 7.70. The third-order valence-corrected chi connectivity index (χ3v) is 6.59. The van der Waals surface area contributed by atoms with Gasteiger partial charge in [0, 0.05) is 24.5 Å². The number of aromatic nitrogens is 1. The SMILES string of the molecule is Cc1nc(COc2ccc(S(=O)(=O)N3CCCC3)cc2[N+](=O)[O-])cs1. The average molecular weight is 383 g/mol. The van der Waals surface area contributed by atoms with Crippen LogP contribution in [-0.2, 0) is 16.6 Å².